The third kappa shape index (κ3) is 3.07. The Morgan fingerprint density at radius 2 is 2.21 bits per heavy atom. The number of nitrogens with two attached hydrogens (primary N) is 1. The fraction of sp³-hybridized carbons (Fsp3) is 0.533. The van der Waals surface area contributed by atoms with Crippen molar-refractivity contribution in [2.75, 3.05) is 13.1 Å². The number of ether oxygens (including phenoxy) is 1. The molecular weight excluding hydrogens is 240 g/mol. The van der Waals surface area contributed by atoms with Crippen LogP contribution in [-0.2, 0) is 11.3 Å². The van der Waals surface area contributed by atoms with Crippen LogP contribution in [0, 0.1) is 6.92 Å². The Morgan fingerprint density at radius 3 is 2.79 bits per heavy atom. The molecule has 4 heteroatoms. The molecule has 1 atom stereocenters. The number of aryl methyl sites for hydroxylation is 1. The highest BCUT2D eigenvalue weighted by Gasteiger charge is 2.30. The summed E-state index contributed by atoms with van der Waals surface area (Å²) in [5.41, 5.74) is 9.22. The third-order valence-electron chi connectivity index (χ3n) is 3.61. The average molecular weight is 262 g/mol. The first-order valence-corrected chi connectivity index (χ1v) is 6.76. The van der Waals surface area contributed by atoms with E-state index in [1.807, 2.05) is 0 Å². The van der Waals surface area contributed by atoms with Crippen LogP contribution in [-0.4, -0.2) is 30.2 Å². The highest BCUT2D eigenvalue weighted by atomic mass is 16.6. The number of rotatable bonds is 4. The summed E-state index contributed by atoms with van der Waals surface area (Å²) in [6.07, 6.45) is -0.425. The van der Waals surface area contributed by atoms with Crippen LogP contribution in [0.1, 0.15) is 36.5 Å². The lowest BCUT2D eigenvalue weighted by atomic mass is 9.97. The number of hydrogen-bond acceptors (Lipinski definition) is 3. The Hall–Kier alpha value is -1.55. The average Bonchev–Trinajstić information content (AvgIpc) is 2.72. The second-order valence-electron chi connectivity index (χ2n) is 5.46. The molecule has 1 saturated heterocycles. The second kappa shape index (κ2) is 5.61. The fourth-order valence-corrected chi connectivity index (χ4v) is 2.25. The van der Waals surface area contributed by atoms with E-state index in [4.69, 9.17) is 10.5 Å². The Bertz CT molecular complexity index is 471. The predicted octanol–water partition coefficient (Wildman–Crippen LogP) is 2.40. The Labute approximate surface area is 114 Å². The standard InChI is InChI=1S/C15H22N2O2/c1-10(2)12-5-4-11(3)13(6-12)8-17-9-14(7-16)19-15(17)18/h4-6,10,14H,7-9,16H2,1-3H3. The number of amides is 1. The predicted molar refractivity (Wildman–Crippen MR) is 75.0 cm³/mol. The lowest BCUT2D eigenvalue weighted by Gasteiger charge is -2.16. The van der Waals surface area contributed by atoms with Gasteiger partial charge in [-0.2, -0.15) is 0 Å². The normalized spacial score (nSPS) is 19.1. The smallest absolute Gasteiger partial charge is 0.410 e. The molecule has 0 bridgehead atoms. The molecule has 0 spiro atoms. The van der Waals surface area contributed by atoms with Gasteiger partial charge in [-0.1, -0.05) is 32.0 Å². The van der Waals surface area contributed by atoms with Gasteiger partial charge < -0.3 is 15.4 Å². The first-order chi connectivity index (χ1) is 9.01. The van der Waals surface area contributed by atoms with Crippen molar-refractivity contribution in [1.29, 1.82) is 0 Å². The summed E-state index contributed by atoms with van der Waals surface area (Å²) in [4.78, 5) is 13.5. The van der Waals surface area contributed by atoms with Crippen LogP contribution in [0.15, 0.2) is 18.2 Å². The fourth-order valence-electron chi connectivity index (χ4n) is 2.25. The molecule has 0 aromatic heterocycles. The molecule has 0 saturated carbocycles. The van der Waals surface area contributed by atoms with Crippen LogP contribution in [0.25, 0.3) is 0 Å². The van der Waals surface area contributed by atoms with E-state index in [-0.39, 0.29) is 12.2 Å². The van der Waals surface area contributed by atoms with Crippen LogP contribution in [0.2, 0.25) is 0 Å². The number of carbonyl (C=O) groups is 1. The van der Waals surface area contributed by atoms with Gasteiger partial charge >= 0.3 is 6.09 Å². The number of carbonyl (C=O) groups excluding carboxylic acids is 1. The maximum Gasteiger partial charge on any atom is 0.410 e. The topological polar surface area (TPSA) is 55.6 Å². The Morgan fingerprint density at radius 1 is 1.47 bits per heavy atom. The van der Waals surface area contributed by atoms with Gasteiger partial charge in [0, 0.05) is 13.1 Å². The number of cyclic esters (lactones) is 1. The largest absolute Gasteiger partial charge is 0.443 e. The van der Waals surface area contributed by atoms with Gasteiger partial charge in [0.1, 0.15) is 6.10 Å². The van der Waals surface area contributed by atoms with Crippen molar-refractivity contribution in [3.8, 4) is 0 Å². The molecule has 0 aliphatic carbocycles. The van der Waals surface area contributed by atoms with Crippen molar-refractivity contribution in [2.24, 2.45) is 5.73 Å². The lowest BCUT2D eigenvalue weighted by Crippen LogP contribution is -2.27. The van der Waals surface area contributed by atoms with Crippen molar-refractivity contribution in [3.05, 3.63) is 34.9 Å². The van der Waals surface area contributed by atoms with Crippen LogP contribution >= 0.6 is 0 Å². The minimum absolute atomic E-state index is 0.166. The monoisotopic (exact) mass is 262 g/mol. The summed E-state index contributed by atoms with van der Waals surface area (Å²) < 4.78 is 5.17. The van der Waals surface area contributed by atoms with Crippen molar-refractivity contribution >= 4 is 6.09 Å². The van der Waals surface area contributed by atoms with E-state index in [0.717, 1.165) is 0 Å². The van der Waals surface area contributed by atoms with Gasteiger partial charge in [-0.05, 0) is 29.5 Å². The molecule has 1 unspecified atom stereocenters. The molecule has 104 valence electrons. The summed E-state index contributed by atoms with van der Waals surface area (Å²) in [5.74, 6) is 0.488. The highest BCUT2D eigenvalue weighted by molar-refractivity contribution is 5.70. The quantitative estimate of drug-likeness (QED) is 0.906. The van der Waals surface area contributed by atoms with Gasteiger partial charge in [0.15, 0.2) is 0 Å². The van der Waals surface area contributed by atoms with E-state index in [2.05, 4.69) is 39.0 Å². The number of nitrogens with zero attached hydrogens (tertiary/aromatic N) is 1. The van der Waals surface area contributed by atoms with Crippen LogP contribution in [0.4, 0.5) is 4.79 Å². The van der Waals surface area contributed by atoms with Crippen LogP contribution in [0.3, 0.4) is 0 Å². The Kier molecular flexibility index (Phi) is 4.10. The summed E-state index contributed by atoms with van der Waals surface area (Å²) in [7, 11) is 0. The van der Waals surface area contributed by atoms with E-state index in [1.54, 1.807) is 4.90 Å². The first kappa shape index (κ1) is 13.9. The molecule has 1 aliphatic rings. The van der Waals surface area contributed by atoms with Crippen molar-refractivity contribution < 1.29 is 9.53 Å². The molecule has 1 fully saturated rings. The van der Waals surface area contributed by atoms with Gasteiger partial charge in [0.25, 0.3) is 0 Å². The molecular formula is C15H22N2O2. The molecule has 1 aromatic carbocycles. The zero-order valence-corrected chi connectivity index (χ0v) is 11.8. The van der Waals surface area contributed by atoms with Crippen molar-refractivity contribution in [1.82, 2.24) is 4.90 Å². The minimum Gasteiger partial charge on any atom is -0.443 e. The van der Waals surface area contributed by atoms with Crippen molar-refractivity contribution in [2.45, 2.75) is 39.3 Å². The van der Waals surface area contributed by atoms with Gasteiger partial charge in [-0.15, -0.1) is 0 Å². The second-order valence-corrected chi connectivity index (χ2v) is 5.46. The summed E-state index contributed by atoms with van der Waals surface area (Å²) >= 11 is 0. The first-order valence-electron chi connectivity index (χ1n) is 6.76. The van der Waals surface area contributed by atoms with E-state index < -0.39 is 0 Å². The van der Waals surface area contributed by atoms with Gasteiger partial charge in [-0.3, -0.25) is 0 Å². The molecule has 2 rings (SSSR count). The maximum absolute atomic E-state index is 11.7. The van der Waals surface area contributed by atoms with E-state index in [1.165, 1.54) is 16.7 Å². The highest BCUT2D eigenvalue weighted by Crippen LogP contribution is 2.21. The van der Waals surface area contributed by atoms with Gasteiger partial charge in [0.2, 0.25) is 0 Å². The summed E-state index contributed by atoms with van der Waals surface area (Å²) in [5, 5.41) is 0. The zero-order valence-electron chi connectivity index (χ0n) is 11.8. The molecule has 1 aliphatic heterocycles. The maximum atomic E-state index is 11.7. The third-order valence-corrected chi connectivity index (χ3v) is 3.61. The van der Waals surface area contributed by atoms with E-state index in [9.17, 15) is 4.79 Å². The molecule has 4 nitrogen and oxygen atoms in total. The molecule has 0 radical (unpaired) electrons. The molecule has 19 heavy (non-hydrogen) atoms. The van der Waals surface area contributed by atoms with Crippen molar-refractivity contribution in [3.63, 3.8) is 0 Å². The molecule has 1 amide bonds. The number of benzene rings is 1. The van der Waals surface area contributed by atoms with E-state index in [0.29, 0.717) is 25.6 Å². The van der Waals surface area contributed by atoms with Crippen LogP contribution < -0.4 is 5.73 Å². The number of hydrogen-bond donors (Lipinski definition) is 1. The van der Waals surface area contributed by atoms with Crippen LogP contribution in [0.5, 0.6) is 0 Å². The van der Waals surface area contributed by atoms with Gasteiger partial charge in [0.05, 0.1) is 6.54 Å². The lowest BCUT2D eigenvalue weighted by molar-refractivity contribution is 0.134. The summed E-state index contributed by atoms with van der Waals surface area (Å²) in [6.45, 7) is 7.98. The van der Waals surface area contributed by atoms with E-state index >= 15 is 0 Å². The molecule has 1 aromatic rings. The minimum atomic E-state index is -0.259. The van der Waals surface area contributed by atoms with Gasteiger partial charge in [-0.25, -0.2) is 4.79 Å². The Balaban J connectivity index is 2.14. The summed E-state index contributed by atoms with van der Waals surface area (Å²) in [6, 6.07) is 6.45. The molecule has 1 heterocycles. The SMILES string of the molecule is Cc1ccc(C(C)C)cc1CN1CC(CN)OC1=O. The molecule has 2 N–H and O–H groups in total. The zero-order chi connectivity index (χ0) is 14.0.